The molecule has 1 N–H and O–H groups in total. The molecule has 1 fully saturated rings. The van der Waals surface area contributed by atoms with E-state index in [-0.39, 0.29) is 18.1 Å². The maximum Gasteiger partial charge on any atom is 0.254 e. The first-order chi connectivity index (χ1) is 9.01. The molecule has 104 valence electrons. The second-order valence-corrected chi connectivity index (χ2v) is 5.15. The van der Waals surface area contributed by atoms with E-state index >= 15 is 0 Å². The van der Waals surface area contributed by atoms with Crippen molar-refractivity contribution in [2.24, 2.45) is 0 Å². The van der Waals surface area contributed by atoms with Gasteiger partial charge >= 0.3 is 0 Å². The van der Waals surface area contributed by atoms with Crippen LogP contribution < -0.4 is 5.32 Å². The molecule has 1 saturated heterocycles. The molecule has 1 aromatic heterocycles. The Morgan fingerprint density at radius 1 is 1.53 bits per heavy atom. The van der Waals surface area contributed by atoms with E-state index in [9.17, 15) is 4.79 Å². The number of halogens is 1. The fourth-order valence-electron chi connectivity index (χ4n) is 2.10. The lowest BCUT2D eigenvalue weighted by atomic mass is 10.1. The Balaban J connectivity index is 2.25. The van der Waals surface area contributed by atoms with Gasteiger partial charge in [-0.15, -0.1) is 0 Å². The lowest BCUT2D eigenvalue weighted by Gasteiger charge is -2.36. The standard InChI is InChI=1S/C13H18ClN3O2/c1-8-7-19-9(2)6-17(8)13(18)10-4-11(14)16-12(5-10)15-3/h4-5,8-9H,6-7H2,1-3H3,(H,15,16). The molecule has 0 spiro atoms. The topological polar surface area (TPSA) is 54.5 Å². The van der Waals surface area contributed by atoms with Crippen LogP contribution in [0.3, 0.4) is 0 Å². The lowest BCUT2D eigenvalue weighted by molar-refractivity contribution is -0.0387. The average Bonchev–Trinajstić information content (AvgIpc) is 2.40. The second-order valence-electron chi connectivity index (χ2n) is 4.76. The molecule has 1 aliphatic heterocycles. The highest BCUT2D eigenvalue weighted by atomic mass is 35.5. The van der Waals surface area contributed by atoms with Gasteiger partial charge in [0.1, 0.15) is 11.0 Å². The van der Waals surface area contributed by atoms with Gasteiger partial charge in [0.05, 0.1) is 18.8 Å². The highest BCUT2D eigenvalue weighted by Crippen LogP contribution is 2.19. The maximum absolute atomic E-state index is 12.5. The largest absolute Gasteiger partial charge is 0.375 e. The van der Waals surface area contributed by atoms with Crippen LogP contribution in [-0.4, -0.2) is 48.1 Å². The van der Waals surface area contributed by atoms with Crippen LogP contribution in [0.1, 0.15) is 24.2 Å². The van der Waals surface area contributed by atoms with Crippen LogP contribution in [0.4, 0.5) is 5.82 Å². The minimum Gasteiger partial charge on any atom is -0.375 e. The van der Waals surface area contributed by atoms with Crippen molar-refractivity contribution in [1.29, 1.82) is 0 Å². The molecule has 1 aromatic rings. The van der Waals surface area contributed by atoms with E-state index < -0.39 is 0 Å². The minimum absolute atomic E-state index is 0.0385. The van der Waals surface area contributed by atoms with Gasteiger partial charge < -0.3 is 15.0 Å². The second kappa shape index (κ2) is 5.75. The third-order valence-corrected chi connectivity index (χ3v) is 3.36. The first-order valence-electron chi connectivity index (χ1n) is 6.29. The Labute approximate surface area is 117 Å². The van der Waals surface area contributed by atoms with Gasteiger partial charge in [-0.2, -0.15) is 0 Å². The van der Waals surface area contributed by atoms with Crippen molar-refractivity contribution in [2.75, 3.05) is 25.5 Å². The smallest absolute Gasteiger partial charge is 0.254 e. The summed E-state index contributed by atoms with van der Waals surface area (Å²) in [7, 11) is 1.74. The molecule has 19 heavy (non-hydrogen) atoms. The van der Waals surface area contributed by atoms with Crippen molar-refractivity contribution in [1.82, 2.24) is 9.88 Å². The van der Waals surface area contributed by atoms with Crippen LogP contribution in [0.25, 0.3) is 0 Å². The Hall–Kier alpha value is -1.33. The van der Waals surface area contributed by atoms with E-state index in [4.69, 9.17) is 16.3 Å². The zero-order chi connectivity index (χ0) is 14.0. The summed E-state index contributed by atoms with van der Waals surface area (Å²) < 4.78 is 5.53. The van der Waals surface area contributed by atoms with Crippen molar-refractivity contribution < 1.29 is 9.53 Å². The Morgan fingerprint density at radius 3 is 2.95 bits per heavy atom. The molecule has 2 rings (SSSR count). The number of aromatic nitrogens is 1. The number of carbonyl (C=O) groups excluding carboxylic acids is 1. The molecule has 0 bridgehead atoms. The molecule has 0 saturated carbocycles. The maximum atomic E-state index is 12.5. The number of rotatable bonds is 2. The van der Waals surface area contributed by atoms with Gasteiger partial charge in [0, 0.05) is 19.2 Å². The quantitative estimate of drug-likeness (QED) is 0.844. The molecule has 2 unspecified atom stereocenters. The van der Waals surface area contributed by atoms with Gasteiger partial charge in [-0.25, -0.2) is 4.98 Å². The molecule has 2 heterocycles. The Bertz CT molecular complexity index is 481. The molecule has 6 heteroatoms. The van der Waals surface area contributed by atoms with E-state index in [1.807, 2.05) is 18.7 Å². The predicted molar refractivity (Wildman–Crippen MR) is 74.7 cm³/mol. The van der Waals surface area contributed by atoms with E-state index in [1.54, 1.807) is 19.2 Å². The van der Waals surface area contributed by atoms with Gasteiger partial charge in [-0.1, -0.05) is 11.6 Å². The zero-order valence-corrected chi connectivity index (χ0v) is 12.1. The number of anilines is 1. The van der Waals surface area contributed by atoms with E-state index in [0.29, 0.717) is 29.7 Å². The normalized spacial score (nSPS) is 23.3. The van der Waals surface area contributed by atoms with E-state index in [2.05, 4.69) is 10.3 Å². The van der Waals surface area contributed by atoms with Gasteiger partial charge in [0.25, 0.3) is 5.91 Å². The van der Waals surface area contributed by atoms with Crippen LogP contribution in [0.5, 0.6) is 0 Å². The molecule has 1 amide bonds. The molecular formula is C13H18ClN3O2. The van der Waals surface area contributed by atoms with Crippen LogP contribution in [0, 0.1) is 0 Å². The number of pyridine rings is 1. The SMILES string of the molecule is CNc1cc(C(=O)N2CC(C)OCC2C)cc(Cl)n1. The van der Waals surface area contributed by atoms with Crippen LogP contribution in [0.15, 0.2) is 12.1 Å². The summed E-state index contributed by atoms with van der Waals surface area (Å²) in [6, 6.07) is 3.37. The average molecular weight is 284 g/mol. The molecule has 0 radical (unpaired) electrons. The zero-order valence-electron chi connectivity index (χ0n) is 11.3. The van der Waals surface area contributed by atoms with Gasteiger partial charge in [-0.05, 0) is 26.0 Å². The van der Waals surface area contributed by atoms with Crippen molar-refractivity contribution in [3.8, 4) is 0 Å². The monoisotopic (exact) mass is 283 g/mol. The summed E-state index contributed by atoms with van der Waals surface area (Å²) in [5.74, 6) is 0.549. The Kier molecular flexibility index (Phi) is 4.27. The number of ether oxygens (including phenoxy) is 1. The summed E-state index contributed by atoms with van der Waals surface area (Å²) in [5, 5.41) is 3.20. The first kappa shape index (κ1) is 14.1. The fourth-order valence-corrected chi connectivity index (χ4v) is 2.31. The van der Waals surface area contributed by atoms with Crippen molar-refractivity contribution in [3.63, 3.8) is 0 Å². The minimum atomic E-state index is -0.0385. The number of hydrogen-bond donors (Lipinski definition) is 1. The highest BCUT2D eigenvalue weighted by Gasteiger charge is 2.28. The Morgan fingerprint density at radius 2 is 2.26 bits per heavy atom. The molecule has 0 aliphatic carbocycles. The third kappa shape index (κ3) is 3.16. The lowest BCUT2D eigenvalue weighted by Crippen LogP contribution is -2.50. The van der Waals surface area contributed by atoms with E-state index in [1.165, 1.54) is 0 Å². The number of nitrogens with zero attached hydrogens (tertiary/aromatic N) is 2. The van der Waals surface area contributed by atoms with Gasteiger partial charge in [0.15, 0.2) is 0 Å². The number of amides is 1. The summed E-state index contributed by atoms with van der Waals surface area (Å²) in [4.78, 5) is 18.4. The molecule has 1 aliphatic rings. The first-order valence-corrected chi connectivity index (χ1v) is 6.67. The number of morpholine rings is 1. The van der Waals surface area contributed by atoms with Crippen molar-refractivity contribution >= 4 is 23.3 Å². The van der Waals surface area contributed by atoms with Crippen molar-refractivity contribution in [3.05, 3.63) is 22.8 Å². The molecule has 0 aromatic carbocycles. The molecule has 5 nitrogen and oxygen atoms in total. The van der Waals surface area contributed by atoms with E-state index in [0.717, 1.165) is 0 Å². The summed E-state index contributed by atoms with van der Waals surface area (Å²) >= 11 is 5.93. The fraction of sp³-hybridized carbons (Fsp3) is 0.538. The summed E-state index contributed by atoms with van der Waals surface area (Å²) in [6.07, 6.45) is 0.0567. The number of carbonyl (C=O) groups is 1. The third-order valence-electron chi connectivity index (χ3n) is 3.17. The highest BCUT2D eigenvalue weighted by molar-refractivity contribution is 6.29. The number of nitrogens with one attached hydrogen (secondary N) is 1. The van der Waals surface area contributed by atoms with Crippen LogP contribution in [0.2, 0.25) is 5.15 Å². The summed E-state index contributed by atoms with van der Waals surface area (Å²) in [6.45, 7) is 5.09. The van der Waals surface area contributed by atoms with Gasteiger partial charge in [0.2, 0.25) is 0 Å². The molecule has 2 atom stereocenters. The molecular weight excluding hydrogens is 266 g/mol. The predicted octanol–water partition coefficient (Wildman–Crippen LogP) is 2.03. The number of hydrogen-bond acceptors (Lipinski definition) is 4. The van der Waals surface area contributed by atoms with Crippen LogP contribution >= 0.6 is 11.6 Å². The van der Waals surface area contributed by atoms with Gasteiger partial charge in [-0.3, -0.25) is 4.79 Å². The summed E-state index contributed by atoms with van der Waals surface area (Å²) in [5.41, 5.74) is 0.547. The van der Waals surface area contributed by atoms with Crippen LogP contribution in [-0.2, 0) is 4.74 Å². The van der Waals surface area contributed by atoms with Crippen molar-refractivity contribution in [2.45, 2.75) is 26.0 Å².